The predicted octanol–water partition coefficient (Wildman–Crippen LogP) is 6.57. The monoisotopic (exact) mass is 421 g/mol. The highest BCUT2D eigenvalue weighted by molar-refractivity contribution is 8.06. The van der Waals surface area contributed by atoms with Gasteiger partial charge in [-0.3, -0.25) is 5.41 Å². The lowest BCUT2D eigenvalue weighted by molar-refractivity contribution is 0.264. The summed E-state index contributed by atoms with van der Waals surface area (Å²) in [4.78, 5) is 1.27. The van der Waals surface area contributed by atoms with E-state index in [2.05, 4.69) is 43.7 Å². The minimum atomic E-state index is 0.316. The van der Waals surface area contributed by atoms with Gasteiger partial charge in [-0.05, 0) is 89.2 Å². The van der Waals surface area contributed by atoms with E-state index in [1.807, 2.05) is 20.0 Å². The minimum Gasteiger partial charge on any atom is -0.481 e. The van der Waals surface area contributed by atoms with Gasteiger partial charge >= 0.3 is 0 Å². The second kappa shape index (κ2) is 14.6. The van der Waals surface area contributed by atoms with Crippen LogP contribution in [-0.4, -0.2) is 24.6 Å². The van der Waals surface area contributed by atoms with Crippen LogP contribution in [0.3, 0.4) is 0 Å². The zero-order valence-corrected chi connectivity index (χ0v) is 19.9. The van der Waals surface area contributed by atoms with Crippen molar-refractivity contribution in [3.8, 4) is 0 Å². The molecule has 0 aromatic heterocycles. The first-order valence-electron chi connectivity index (χ1n) is 11.2. The van der Waals surface area contributed by atoms with Crippen molar-refractivity contribution in [3.63, 3.8) is 0 Å². The molecule has 0 unspecified atom stereocenters. The van der Waals surface area contributed by atoms with Gasteiger partial charge in [-0.25, -0.2) is 0 Å². The van der Waals surface area contributed by atoms with Gasteiger partial charge in [0.25, 0.3) is 0 Å². The van der Waals surface area contributed by atoms with Gasteiger partial charge in [0.1, 0.15) is 0 Å². The number of hydrogen-bond acceptors (Lipinski definition) is 5. The van der Waals surface area contributed by atoms with Gasteiger partial charge in [0, 0.05) is 18.0 Å². The zero-order valence-electron chi connectivity index (χ0n) is 19.1. The number of ether oxygens (including phenoxy) is 1. The molecule has 0 heterocycles. The van der Waals surface area contributed by atoms with Gasteiger partial charge in [-0.1, -0.05) is 37.9 Å². The second-order valence-electron chi connectivity index (χ2n) is 8.24. The Morgan fingerprint density at radius 2 is 1.69 bits per heavy atom. The van der Waals surface area contributed by atoms with Crippen LogP contribution in [0.15, 0.2) is 35.4 Å². The molecule has 0 radical (unpaired) electrons. The van der Waals surface area contributed by atoms with Crippen LogP contribution in [0.4, 0.5) is 0 Å². The summed E-state index contributed by atoms with van der Waals surface area (Å²) in [5.74, 6) is 1.73. The van der Waals surface area contributed by atoms with Crippen LogP contribution in [0.2, 0.25) is 0 Å². The molecule has 166 valence electrons. The van der Waals surface area contributed by atoms with E-state index in [0.29, 0.717) is 30.5 Å². The van der Waals surface area contributed by atoms with E-state index in [9.17, 15) is 0 Å². The molecule has 0 aliphatic heterocycles. The molecule has 0 amide bonds. The Bertz CT molecular complexity index is 530. The Kier molecular flexibility index (Phi) is 12.9. The zero-order chi connectivity index (χ0) is 21.6. The number of thioether (sulfide) groups is 1. The summed E-state index contributed by atoms with van der Waals surface area (Å²) < 4.78 is 5.30. The minimum absolute atomic E-state index is 0.316. The molecule has 0 bridgehead atoms. The fourth-order valence-electron chi connectivity index (χ4n) is 3.88. The Morgan fingerprint density at radius 3 is 2.21 bits per heavy atom. The van der Waals surface area contributed by atoms with Gasteiger partial charge in [-0.15, -0.1) is 0 Å². The highest BCUT2D eigenvalue weighted by Gasteiger charge is 2.25. The van der Waals surface area contributed by atoms with E-state index in [1.165, 1.54) is 30.6 Å². The van der Waals surface area contributed by atoms with Crippen molar-refractivity contribution in [1.82, 2.24) is 10.6 Å². The van der Waals surface area contributed by atoms with Gasteiger partial charge in [0.15, 0.2) is 5.90 Å². The number of nitrogens with one attached hydrogen (secondary N) is 3. The van der Waals surface area contributed by atoms with Crippen molar-refractivity contribution in [2.24, 2.45) is 11.8 Å². The van der Waals surface area contributed by atoms with E-state index in [1.54, 1.807) is 11.8 Å². The Morgan fingerprint density at radius 1 is 1.10 bits per heavy atom. The van der Waals surface area contributed by atoms with Gasteiger partial charge in [0.2, 0.25) is 0 Å². The van der Waals surface area contributed by atoms with Crippen LogP contribution < -0.4 is 10.6 Å². The number of hydrogen-bond donors (Lipinski definition) is 3. The average molecular weight is 422 g/mol. The Balaban J connectivity index is 0.000000352. The normalized spacial score (nSPS) is 27.1. The first-order valence-corrected chi connectivity index (χ1v) is 12.1. The molecule has 2 aliphatic carbocycles. The lowest BCUT2D eigenvalue weighted by Crippen LogP contribution is -2.34. The summed E-state index contributed by atoms with van der Waals surface area (Å²) in [6.45, 7) is 16.7. The van der Waals surface area contributed by atoms with Crippen molar-refractivity contribution < 1.29 is 4.74 Å². The van der Waals surface area contributed by atoms with Crippen molar-refractivity contribution in [2.45, 2.75) is 91.1 Å². The molecular weight excluding hydrogens is 378 g/mol. The van der Waals surface area contributed by atoms with Crippen LogP contribution in [0, 0.1) is 17.2 Å². The molecule has 3 N–H and O–H groups in total. The van der Waals surface area contributed by atoms with Crippen LogP contribution in [0.1, 0.15) is 79.1 Å². The molecule has 2 saturated carbocycles. The van der Waals surface area contributed by atoms with Gasteiger partial charge in [0.05, 0.1) is 11.6 Å². The Hall–Kier alpha value is -1.36. The smallest absolute Gasteiger partial charge is 0.183 e. The fourth-order valence-corrected chi connectivity index (χ4v) is 4.61. The maximum Gasteiger partial charge on any atom is 0.183 e. The molecule has 0 atom stereocenters. The molecule has 5 heteroatoms. The van der Waals surface area contributed by atoms with Crippen LogP contribution in [0.5, 0.6) is 0 Å². The molecule has 0 aromatic carbocycles. The van der Waals surface area contributed by atoms with Crippen LogP contribution in [-0.2, 0) is 4.74 Å². The van der Waals surface area contributed by atoms with E-state index in [-0.39, 0.29) is 0 Å². The highest BCUT2D eigenvalue weighted by Crippen LogP contribution is 2.28. The first kappa shape index (κ1) is 25.7. The fraction of sp³-hybridized carbons (Fsp3) is 0.708. The van der Waals surface area contributed by atoms with E-state index in [0.717, 1.165) is 36.6 Å². The van der Waals surface area contributed by atoms with Crippen LogP contribution in [0.25, 0.3) is 0 Å². The lowest BCUT2D eigenvalue weighted by Gasteiger charge is -2.30. The summed E-state index contributed by atoms with van der Waals surface area (Å²) in [5, 5.41) is 15.6. The summed E-state index contributed by atoms with van der Waals surface area (Å²) in [6, 6.07) is 1.21. The third-order valence-electron chi connectivity index (χ3n) is 5.82. The molecular formula is C24H43N3OS. The van der Waals surface area contributed by atoms with E-state index < -0.39 is 0 Å². The molecule has 0 saturated heterocycles. The average Bonchev–Trinajstić information content (AvgIpc) is 2.71. The van der Waals surface area contributed by atoms with E-state index in [4.69, 9.17) is 10.1 Å². The van der Waals surface area contributed by atoms with Crippen LogP contribution >= 0.6 is 11.8 Å². The molecule has 29 heavy (non-hydrogen) atoms. The third-order valence-corrected chi connectivity index (χ3v) is 6.74. The Labute approximate surface area is 183 Å². The summed E-state index contributed by atoms with van der Waals surface area (Å²) in [5.41, 5.74) is 0. The van der Waals surface area contributed by atoms with Crippen molar-refractivity contribution in [2.75, 3.05) is 6.61 Å². The second-order valence-corrected chi connectivity index (χ2v) is 9.58. The van der Waals surface area contributed by atoms with Crippen molar-refractivity contribution >= 4 is 17.7 Å². The SMILES string of the molecule is C=C(NC1CCC(C(=N)OCC)CC1)S/C(C)=C\C.C=CNC1CCC(C)CC1. The van der Waals surface area contributed by atoms with E-state index >= 15 is 0 Å². The van der Waals surface area contributed by atoms with Gasteiger partial charge < -0.3 is 15.4 Å². The third kappa shape index (κ3) is 10.8. The maximum atomic E-state index is 7.84. The quantitative estimate of drug-likeness (QED) is 0.306. The van der Waals surface area contributed by atoms with Crippen molar-refractivity contribution in [1.29, 1.82) is 5.41 Å². The number of rotatable bonds is 8. The lowest BCUT2D eigenvalue weighted by atomic mass is 9.86. The van der Waals surface area contributed by atoms with Gasteiger partial charge in [-0.2, -0.15) is 0 Å². The highest BCUT2D eigenvalue weighted by atomic mass is 32.2. The molecule has 2 fully saturated rings. The standard InChI is InChI=1S/C15H26N2OS.C9H17N/c1-5-11(3)19-12(4)17-14-9-7-13(8-10-14)15(16)18-6-2;1-3-10-9-6-4-8(2)5-7-9/h5,13-14,16-17H,4,6-10H2,1-3H3;3,8-10H,1,4-7H2,2H3/b11-5-,16-15?;. The largest absolute Gasteiger partial charge is 0.481 e. The summed E-state index contributed by atoms with van der Waals surface area (Å²) in [6.07, 6.45) is 13.6. The maximum absolute atomic E-state index is 7.84. The topological polar surface area (TPSA) is 57.1 Å². The molecule has 0 spiro atoms. The molecule has 2 aliphatic rings. The van der Waals surface area contributed by atoms with Crippen molar-refractivity contribution in [3.05, 3.63) is 35.4 Å². The first-order chi connectivity index (χ1) is 13.9. The summed E-state index contributed by atoms with van der Waals surface area (Å²) >= 11 is 1.70. The molecule has 0 aromatic rings. The molecule has 4 nitrogen and oxygen atoms in total. The number of allylic oxidation sites excluding steroid dienone is 2. The molecule has 2 rings (SSSR count). The summed E-state index contributed by atoms with van der Waals surface area (Å²) in [7, 11) is 0. The predicted molar refractivity (Wildman–Crippen MR) is 129 cm³/mol.